The van der Waals surface area contributed by atoms with Crippen molar-refractivity contribution >= 4 is 17.5 Å². The zero-order chi connectivity index (χ0) is 13.1. The summed E-state index contributed by atoms with van der Waals surface area (Å²) < 4.78 is 0. The summed E-state index contributed by atoms with van der Waals surface area (Å²) in [5, 5.41) is 3.81. The Balaban J connectivity index is 2.04. The topological polar surface area (TPSA) is 37.8 Å². The van der Waals surface area contributed by atoms with Crippen molar-refractivity contribution in [1.29, 1.82) is 0 Å². The lowest BCUT2D eigenvalue weighted by molar-refractivity contribution is 0.466. The van der Waals surface area contributed by atoms with E-state index >= 15 is 0 Å². The molecule has 3 nitrogen and oxygen atoms in total. The third kappa shape index (κ3) is 3.58. The Morgan fingerprint density at radius 3 is 2.50 bits per heavy atom. The van der Waals surface area contributed by atoms with Gasteiger partial charge in [-0.15, -0.1) is 11.6 Å². The van der Waals surface area contributed by atoms with Gasteiger partial charge in [0.25, 0.3) is 0 Å². The number of aryl methyl sites for hydroxylation is 1. The maximum atomic E-state index is 6.12. The van der Waals surface area contributed by atoms with Crippen LogP contribution in [0.15, 0.2) is 6.07 Å². The molecule has 0 aliphatic heterocycles. The van der Waals surface area contributed by atoms with Crippen molar-refractivity contribution in [3.8, 4) is 0 Å². The van der Waals surface area contributed by atoms with Crippen molar-refractivity contribution < 1.29 is 0 Å². The molecule has 18 heavy (non-hydrogen) atoms. The van der Waals surface area contributed by atoms with Gasteiger partial charge < -0.3 is 5.32 Å². The van der Waals surface area contributed by atoms with Crippen LogP contribution in [0.5, 0.6) is 0 Å². The van der Waals surface area contributed by atoms with Crippen LogP contribution in [0.25, 0.3) is 0 Å². The third-order valence-electron chi connectivity index (χ3n) is 3.46. The van der Waals surface area contributed by atoms with Gasteiger partial charge in [-0.2, -0.15) is 0 Å². The highest BCUT2D eigenvalue weighted by molar-refractivity contribution is 6.20. The Labute approximate surface area is 114 Å². The van der Waals surface area contributed by atoms with E-state index in [2.05, 4.69) is 35.2 Å². The number of nitrogens with one attached hydrogen (secondary N) is 1. The van der Waals surface area contributed by atoms with E-state index in [-0.39, 0.29) is 0 Å². The average Bonchev–Trinajstić information content (AvgIpc) is 2.31. The van der Waals surface area contributed by atoms with Gasteiger partial charge in [-0.25, -0.2) is 9.97 Å². The minimum Gasteiger partial charge on any atom is -0.351 e. The molecule has 0 radical (unpaired) electrons. The molecule has 1 aromatic heterocycles. The molecule has 1 fully saturated rings. The summed E-state index contributed by atoms with van der Waals surface area (Å²) in [6, 6.07) is 2.53. The molecule has 1 aromatic rings. The summed E-state index contributed by atoms with van der Waals surface area (Å²) in [6.45, 7) is 6.34. The normalized spacial score (nSPS) is 24.3. The summed E-state index contributed by atoms with van der Waals surface area (Å²) in [4.78, 5) is 9.07. The van der Waals surface area contributed by atoms with Crippen molar-refractivity contribution in [2.24, 2.45) is 0 Å². The molecular formula is C14H22ClN3. The molecular weight excluding hydrogens is 246 g/mol. The number of aromatic nitrogens is 2. The lowest BCUT2D eigenvalue weighted by Crippen LogP contribution is -2.27. The lowest BCUT2D eigenvalue weighted by atomic mass is 9.95. The maximum Gasteiger partial charge on any atom is 0.223 e. The largest absolute Gasteiger partial charge is 0.351 e. The molecule has 0 saturated heterocycles. The predicted molar refractivity (Wildman–Crippen MR) is 76.4 cm³/mol. The van der Waals surface area contributed by atoms with Gasteiger partial charge in [0.2, 0.25) is 5.95 Å². The summed E-state index contributed by atoms with van der Waals surface area (Å²) in [5.41, 5.74) is 2.14. The number of hydrogen-bond acceptors (Lipinski definition) is 3. The van der Waals surface area contributed by atoms with Gasteiger partial charge in [-0.3, -0.25) is 0 Å². The van der Waals surface area contributed by atoms with Crippen molar-refractivity contribution in [2.75, 3.05) is 5.32 Å². The van der Waals surface area contributed by atoms with E-state index in [1.165, 1.54) is 0 Å². The summed E-state index contributed by atoms with van der Waals surface area (Å²) in [6.07, 6.45) is 4.40. The quantitative estimate of drug-likeness (QED) is 0.845. The van der Waals surface area contributed by atoms with Crippen molar-refractivity contribution in [2.45, 2.75) is 63.8 Å². The van der Waals surface area contributed by atoms with Crippen molar-refractivity contribution in [3.63, 3.8) is 0 Å². The highest BCUT2D eigenvalue weighted by atomic mass is 35.5. The standard InChI is InChI=1S/C14H22ClN3/c1-9(2)13-8-10(3)16-14(18-13)17-12-6-4-11(15)5-7-12/h8-9,11-12H,4-7H2,1-3H3,(H,16,17,18). The first-order valence-corrected chi connectivity index (χ1v) is 7.24. The van der Waals surface area contributed by atoms with E-state index in [0.29, 0.717) is 17.3 Å². The Hall–Kier alpha value is -0.830. The van der Waals surface area contributed by atoms with Crippen LogP contribution in [0.2, 0.25) is 0 Å². The first-order chi connectivity index (χ1) is 8.54. The van der Waals surface area contributed by atoms with E-state index in [9.17, 15) is 0 Å². The minimum absolute atomic E-state index is 0.354. The molecule has 1 aliphatic carbocycles. The summed E-state index contributed by atoms with van der Waals surface area (Å²) >= 11 is 6.12. The van der Waals surface area contributed by atoms with Gasteiger partial charge in [-0.1, -0.05) is 13.8 Å². The molecule has 0 aromatic carbocycles. The first-order valence-electron chi connectivity index (χ1n) is 6.81. The molecule has 100 valence electrons. The van der Waals surface area contributed by atoms with Gasteiger partial charge in [0.1, 0.15) is 0 Å². The third-order valence-corrected chi connectivity index (χ3v) is 3.89. The fourth-order valence-electron chi connectivity index (χ4n) is 2.33. The van der Waals surface area contributed by atoms with Crippen molar-refractivity contribution in [3.05, 3.63) is 17.5 Å². The Kier molecular flexibility index (Phi) is 4.44. The van der Waals surface area contributed by atoms with Crippen LogP contribution in [0.3, 0.4) is 0 Å². The van der Waals surface area contributed by atoms with Crippen LogP contribution >= 0.6 is 11.6 Å². The molecule has 1 aliphatic rings. The van der Waals surface area contributed by atoms with E-state index in [1.807, 2.05) is 6.92 Å². The first kappa shape index (κ1) is 13.6. The number of halogens is 1. The fraction of sp³-hybridized carbons (Fsp3) is 0.714. The molecule has 4 heteroatoms. The van der Waals surface area contributed by atoms with Crippen LogP contribution < -0.4 is 5.32 Å². The Morgan fingerprint density at radius 2 is 1.89 bits per heavy atom. The highest BCUT2D eigenvalue weighted by Crippen LogP contribution is 2.25. The SMILES string of the molecule is Cc1cc(C(C)C)nc(NC2CCC(Cl)CC2)n1. The monoisotopic (exact) mass is 267 g/mol. The molecule has 0 atom stereocenters. The van der Waals surface area contributed by atoms with E-state index in [4.69, 9.17) is 11.6 Å². The smallest absolute Gasteiger partial charge is 0.223 e. The van der Waals surface area contributed by atoms with E-state index in [0.717, 1.165) is 43.0 Å². The minimum atomic E-state index is 0.354. The van der Waals surface area contributed by atoms with Gasteiger partial charge in [-0.05, 0) is 44.6 Å². The van der Waals surface area contributed by atoms with Crippen molar-refractivity contribution in [1.82, 2.24) is 9.97 Å². The molecule has 1 saturated carbocycles. The molecule has 0 bridgehead atoms. The molecule has 0 amide bonds. The maximum absolute atomic E-state index is 6.12. The average molecular weight is 268 g/mol. The number of nitrogens with zero attached hydrogens (tertiary/aromatic N) is 2. The van der Waals surface area contributed by atoms with Gasteiger partial charge in [0, 0.05) is 22.8 Å². The van der Waals surface area contributed by atoms with E-state index in [1.54, 1.807) is 0 Å². The van der Waals surface area contributed by atoms with Crippen LogP contribution in [0, 0.1) is 6.92 Å². The second-order valence-electron chi connectivity index (χ2n) is 5.51. The number of hydrogen-bond donors (Lipinski definition) is 1. The summed E-state index contributed by atoms with van der Waals surface area (Å²) in [5.74, 6) is 1.21. The number of anilines is 1. The predicted octanol–water partition coefficient (Wildman–Crippen LogP) is 3.87. The van der Waals surface area contributed by atoms with Crippen LogP contribution in [0.1, 0.15) is 56.8 Å². The zero-order valence-corrected chi connectivity index (χ0v) is 12.2. The Morgan fingerprint density at radius 1 is 1.22 bits per heavy atom. The van der Waals surface area contributed by atoms with Crippen LogP contribution in [0.4, 0.5) is 5.95 Å². The zero-order valence-electron chi connectivity index (χ0n) is 11.4. The second kappa shape index (κ2) is 5.87. The summed E-state index contributed by atoms with van der Waals surface area (Å²) in [7, 11) is 0. The number of alkyl halides is 1. The van der Waals surface area contributed by atoms with E-state index < -0.39 is 0 Å². The Bertz CT molecular complexity index is 398. The molecule has 1 N–H and O–H groups in total. The van der Waals surface area contributed by atoms with Gasteiger partial charge in [0.15, 0.2) is 0 Å². The van der Waals surface area contributed by atoms with Crippen LogP contribution in [-0.4, -0.2) is 21.4 Å². The highest BCUT2D eigenvalue weighted by Gasteiger charge is 2.20. The van der Waals surface area contributed by atoms with Crippen LogP contribution in [-0.2, 0) is 0 Å². The lowest BCUT2D eigenvalue weighted by Gasteiger charge is -2.26. The number of rotatable bonds is 3. The second-order valence-corrected chi connectivity index (χ2v) is 6.12. The van der Waals surface area contributed by atoms with Gasteiger partial charge in [0.05, 0.1) is 0 Å². The molecule has 2 rings (SSSR count). The molecule has 1 heterocycles. The fourth-order valence-corrected chi connectivity index (χ4v) is 2.58. The van der Waals surface area contributed by atoms with Gasteiger partial charge >= 0.3 is 0 Å². The molecule has 0 unspecified atom stereocenters. The molecule has 0 spiro atoms.